The van der Waals surface area contributed by atoms with Crippen LogP contribution in [-0.4, -0.2) is 36.4 Å². The molecule has 0 rings (SSSR count). The van der Waals surface area contributed by atoms with Crippen molar-refractivity contribution in [1.29, 1.82) is 0 Å². The fourth-order valence-corrected chi connectivity index (χ4v) is 4.32. The molecule has 1 N–H and O–H groups in total. The SMILES string of the molecule is CCCCCCCCCCCCCCC(=O)O[C@@H](CO)COC(=O)CCCCCCCCCCC. The molecule has 0 aliphatic heterocycles. The van der Waals surface area contributed by atoms with E-state index < -0.39 is 6.10 Å². The highest BCUT2D eigenvalue weighted by Crippen LogP contribution is 2.13. The van der Waals surface area contributed by atoms with E-state index in [1.807, 2.05) is 0 Å². The third kappa shape index (κ3) is 25.8. The summed E-state index contributed by atoms with van der Waals surface area (Å²) in [6.07, 6.45) is 25.8. The molecule has 35 heavy (non-hydrogen) atoms. The molecular formula is C30H58O5. The Bertz CT molecular complexity index is 466. The Morgan fingerprint density at radius 3 is 1.26 bits per heavy atom. The summed E-state index contributed by atoms with van der Waals surface area (Å²) in [4.78, 5) is 23.9. The fraction of sp³-hybridized carbons (Fsp3) is 0.933. The molecule has 0 saturated heterocycles. The average Bonchev–Trinajstić information content (AvgIpc) is 2.86. The van der Waals surface area contributed by atoms with Gasteiger partial charge in [-0.1, -0.05) is 136 Å². The van der Waals surface area contributed by atoms with Gasteiger partial charge in [0.25, 0.3) is 0 Å². The van der Waals surface area contributed by atoms with Gasteiger partial charge in [0.05, 0.1) is 6.61 Å². The van der Waals surface area contributed by atoms with Crippen molar-refractivity contribution in [3.63, 3.8) is 0 Å². The first-order valence-electron chi connectivity index (χ1n) is 15.1. The lowest BCUT2D eigenvalue weighted by Crippen LogP contribution is -2.28. The van der Waals surface area contributed by atoms with Crippen LogP contribution in [0.15, 0.2) is 0 Å². The van der Waals surface area contributed by atoms with Gasteiger partial charge in [0.2, 0.25) is 0 Å². The zero-order chi connectivity index (χ0) is 25.8. The van der Waals surface area contributed by atoms with E-state index in [2.05, 4.69) is 13.8 Å². The van der Waals surface area contributed by atoms with E-state index >= 15 is 0 Å². The molecule has 0 aliphatic carbocycles. The van der Waals surface area contributed by atoms with Crippen LogP contribution < -0.4 is 0 Å². The maximum atomic E-state index is 12.0. The number of unbranched alkanes of at least 4 members (excludes halogenated alkanes) is 19. The summed E-state index contributed by atoms with van der Waals surface area (Å²) in [5.74, 6) is -0.588. The Labute approximate surface area is 217 Å². The summed E-state index contributed by atoms with van der Waals surface area (Å²) in [5.41, 5.74) is 0. The third-order valence-electron chi connectivity index (χ3n) is 6.65. The van der Waals surface area contributed by atoms with Crippen molar-refractivity contribution in [3.8, 4) is 0 Å². The van der Waals surface area contributed by atoms with Crippen LogP contribution in [0.4, 0.5) is 0 Å². The quantitative estimate of drug-likeness (QED) is 0.0908. The molecule has 1 atom stereocenters. The normalized spacial score (nSPS) is 12.0. The van der Waals surface area contributed by atoms with E-state index in [9.17, 15) is 14.7 Å². The highest BCUT2D eigenvalue weighted by Gasteiger charge is 2.16. The van der Waals surface area contributed by atoms with Crippen molar-refractivity contribution in [2.24, 2.45) is 0 Å². The van der Waals surface area contributed by atoms with Crippen molar-refractivity contribution in [3.05, 3.63) is 0 Å². The smallest absolute Gasteiger partial charge is 0.306 e. The minimum Gasteiger partial charge on any atom is -0.462 e. The molecule has 208 valence electrons. The number of hydrogen-bond donors (Lipinski definition) is 1. The third-order valence-corrected chi connectivity index (χ3v) is 6.65. The van der Waals surface area contributed by atoms with Crippen molar-refractivity contribution < 1.29 is 24.2 Å². The van der Waals surface area contributed by atoms with Crippen molar-refractivity contribution in [2.75, 3.05) is 13.2 Å². The standard InChI is InChI=1S/C30H58O5/c1-3-5-7-9-11-13-14-15-17-19-21-23-25-30(33)35-28(26-31)27-34-29(32)24-22-20-18-16-12-10-8-6-4-2/h28,31H,3-27H2,1-2H3/t28-/m0/s1. The molecular weight excluding hydrogens is 440 g/mol. The highest BCUT2D eigenvalue weighted by molar-refractivity contribution is 5.70. The maximum absolute atomic E-state index is 12.0. The fourth-order valence-electron chi connectivity index (χ4n) is 4.32. The lowest BCUT2D eigenvalue weighted by molar-refractivity contribution is -0.161. The number of rotatable bonds is 27. The van der Waals surface area contributed by atoms with Crippen LogP contribution in [0.25, 0.3) is 0 Å². The predicted octanol–water partition coefficient (Wildman–Crippen LogP) is 8.45. The summed E-state index contributed by atoms with van der Waals surface area (Å²) < 4.78 is 10.5. The molecule has 5 heteroatoms. The molecule has 0 aromatic rings. The minimum absolute atomic E-state index is 0.0586. The molecule has 0 aliphatic rings. The van der Waals surface area contributed by atoms with E-state index in [0.29, 0.717) is 12.8 Å². The van der Waals surface area contributed by atoms with Gasteiger partial charge in [-0.3, -0.25) is 9.59 Å². The first kappa shape index (κ1) is 33.9. The molecule has 0 heterocycles. The van der Waals surface area contributed by atoms with E-state index in [-0.39, 0.29) is 25.2 Å². The zero-order valence-corrected chi connectivity index (χ0v) is 23.3. The molecule has 0 aromatic heterocycles. The molecule has 0 saturated carbocycles. The summed E-state index contributed by atoms with van der Waals surface area (Å²) in [6.45, 7) is 4.10. The van der Waals surface area contributed by atoms with Gasteiger partial charge in [0.1, 0.15) is 6.61 Å². The Morgan fingerprint density at radius 2 is 0.886 bits per heavy atom. The molecule has 0 radical (unpaired) electrons. The second-order valence-electron chi connectivity index (χ2n) is 10.2. The predicted molar refractivity (Wildman–Crippen MR) is 145 cm³/mol. The first-order chi connectivity index (χ1) is 17.1. The average molecular weight is 499 g/mol. The molecule has 5 nitrogen and oxygen atoms in total. The number of aliphatic hydroxyl groups is 1. The van der Waals surface area contributed by atoms with Crippen LogP contribution in [0.2, 0.25) is 0 Å². The first-order valence-corrected chi connectivity index (χ1v) is 15.1. The molecule has 0 spiro atoms. The van der Waals surface area contributed by atoms with Gasteiger partial charge in [-0.15, -0.1) is 0 Å². The van der Waals surface area contributed by atoms with Gasteiger partial charge in [0.15, 0.2) is 6.10 Å². The van der Waals surface area contributed by atoms with E-state index in [1.165, 1.54) is 96.3 Å². The molecule has 0 unspecified atom stereocenters. The van der Waals surface area contributed by atoms with E-state index in [1.54, 1.807) is 0 Å². The summed E-state index contributed by atoms with van der Waals surface area (Å²) in [7, 11) is 0. The second kappa shape index (κ2) is 27.5. The zero-order valence-electron chi connectivity index (χ0n) is 23.3. The molecule has 0 amide bonds. The summed E-state index contributed by atoms with van der Waals surface area (Å²) in [6, 6.07) is 0. The van der Waals surface area contributed by atoms with Gasteiger partial charge < -0.3 is 14.6 Å². The molecule has 0 bridgehead atoms. The summed E-state index contributed by atoms with van der Waals surface area (Å²) in [5, 5.41) is 9.44. The number of carbonyl (C=O) groups is 2. The Morgan fingerprint density at radius 1 is 0.543 bits per heavy atom. The van der Waals surface area contributed by atoms with Gasteiger partial charge in [-0.25, -0.2) is 0 Å². The molecule has 0 aromatic carbocycles. The van der Waals surface area contributed by atoms with E-state index in [4.69, 9.17) is 9.47 Å². The second-order valence-corrected chi connectivity index (χ2v) is 10.2. The summed E-state index contributed by atoms with van der Waals surface area (Å²) >= 11 is 0. The number of carbonyl (C=O) groups excluding carboxylic acids is 2. The number of hydrogen-bond acceptors (Lipinski definition) is 5. The monoisotopic (exact) mass is 498 g/mol. The number of esters is 2. The van der Waals surface area contributed by atoms with E-state index in [0.717, 1.165) is 38.5 Å². The topological polar surface area (TPSA) is 72.8 Å². The molecule has 0 fully saturated rings. The van der Waals surface area contributed by atoms with Crippen molar-refractivity contribution in [1.82, 2.24) is 0 Å². The van der Waals surface area contributed by atoms with Crippen LogP contribution in [0.5, 0.6) is 0 Å². The number of ether oxygens (including phenoxy) is 2. The maximum Gasteiger partial charge on any atom is 0.306 e. The van der Waals surface area contributed by atoms with Crippen LogP contribution in [0.1, 0.15) is 162 Å². The number of aliphatic hydroxyl groups excluding tert-OH is 1. The van der Waals surface area contributed by atoms with Gasteiger partial charge in [-0.2, -0.15) is 0 Å². The van der Waals surface area contributed by atoms with Crippen LogP contribution in [-0.2, 0) is 19.1 Å². The van der Waals surface area contributed by atoms with Gasteiger partial charge >= 0.3 is 11.9 Å². The van der Waals surface area contributed by atoms with Gasteiger partial charge in [-0.05, 0) is 12.8 Å². The van der Waals surface area contributed by atoms with Crippen LogP contribution in [0.3, 0.4) is 0 Å². The highest BCUT2D eigenvalue weighted by atomic mass is 16.6. The lowest BCUT2D eigenvalue weighted by atomic mass is 10.0. The lowest BCUT2D eigenvalue weighted by Gasteiger charge is -2.15. The van der Waals surface area contributed by atoms with Crippen molar-refractivity contribution in [2.45, 2.75) is 168 Å². The minimum atomic E-state index is -0.758. The Kier molecular flexibility index (Phi) is 26.6. The van der Waals surface area contributed by atoms with Crippen molar-refractivity contribution >= 4 is 11.9 Å². The van der Waals surface area contributed by atoms with Gasteiger partial charge in [0, 0.05) is 12.8 Å². The van der Waals surface area contributed by atoms with Crippen LogP contribution in [0, 0.1) is 0 Å². The van der Waals surface area contributed by atoms with Crippen LogP contribution >= 0.6 is 0 Å². The largest absolute Gasteiger partial charge is 0.462 e. The Balaban J connectivity index is 3.57. The Hall–Kier alpha value is -1.10.